The van der Waals surface area contributed by atoms with Gasteiger partial charge in [0.05, 0.1) is 26.8 Å². The highest BCUT2D eigenvalue weighted by Gasteiger charge is 2.24. The zero-order valence-corrected chi connectivity index (χ0v) is 12.4. The summed E-state index contributed by atoms with van der Waals surface area (Å²) in [4.78, 5) is 1.72. The maximum atomic E-state index is 5.38. The number of ether oxygens (including phenoxy) is 2. The third kappa shape index (κ3) is 3.41. The van der Waals surface area contributed by atoms with Gasteiger partial charge < -0.3 is 14.4 Å². The Hall–Kier alpha value is -1.22. The maximum absolute atomic E-state index is 5.38. The van der Waals surface area contributed by atoms with E-state index in [4.69, 9.17) is 9.47 Å². The molecule has 0 aromatic heterocycles. The molecule has 19 heavy (non-hydrogen) atoms. The molecule has 0 bridgehead atoms. The number of methoxy groups -OCH3 is 2. The number of benzene rings is 1. The van der Waals surface area contributed by atoms with Gasteiger partial charge in [-0.1, -0.05) is 6.92 Å². The average molecular weight is 264 g/mol. The van der Waals surface area contributed by atoms with Crippen LogP contribution >= 0.6 is 0 Å². The number of piperidine rings is 1. The number of quaternary nitrogens is 1. The van der Waals surface area contributed by atoms with Crippen LogP contribution in [0.2, 0.25) is 0 Å². The molecule has 106 valence electrons. The Morgan fingerprint density at radius 2 is 1.95 bits per heavy atom. The molecule has 2 rings (SSSR count). The van der Waals surface area contributed by atoms with Crippen molar-refractivity contribution in [3.8, 4) is 11.5 Å². The SMILES string of the molecule is CC[C@@H]1CCCC[NH+]1Cc1ccc(OC)c(OC)c1. The molecule has 0 saturated carbocycles. The largest absolute Gasteiger partial charge is 0.493 e. The van der Waals surface area contributed by atoms with Crippen LogP contribution in [0.25, 0.3) is 0 Å². The van der Waals surface area contributed by atoms with Gasteiger partial charge in [-0.25, -0.2) is 0 Å². The highest BCUT2D eigenvalue weighted by atomic mass is 16.5. The van der Waals surface area contributed by atoms with Crippen LogP contribution in [0.15, 0.2) is 18.2 Å². The van der Waals surface area contributed by atoms with E-state index < -0.39 is 0 Å². The van der Waals surface area contributed by atoms with Crippen molar-refractivity contribution in [2.45, 2.75) is 45.2 Å². The lowest BCUT2D eigenvalue weighted by Gasteiger charge is -2.32. The van der Waals surface area contributed by atoms with Crippen LogP contribution in [-0.2, 0) is 6.54 Å². The minimum atomic E-state index is 0.812. The summed E-state index contributed by atoms with van der Waals surface area (Å²) in [6.07, 6.45) is 5.41. The molecule has 2 atom stereocenters. The molecule has 1 saturated heterocycles. The van der Waals surface area contributed by atoms with Gasteiger partial charge in [0.15, 0.2) is 11.5 Å². The molecule has 1 aromatic rings. The van der Waals surface area contributed by atoms with Gasteiger partial charge in [0.2, 0.25) is 0 Å². The summed E-state index contributed by atoms with van der Waals surface area (Å²) in [5.41, 5.74) is 1.34. The molecule has 0 radical (unpaired) electrons. The van der Waals surface area contributed by atoms with E-state index in [1.54, 1.807) is 19.1 Å². The highest BCUT2D eigenvalue weighted by Crippen LogP contribution is 2.27. The fourth-order valence-electron chi connectivity index (χ4n) is 3.13. The van der Waals surface area contributed by atoms with Crippen LogP contribution in [0.4, 0.5) is 0 Å². The van der Waals surface area contributed by atoms with E-state index in [9.17, 15) is 0 Å². The van der Waals surface area contributed by atoms with Crippen LogP contribution in [0.5, 0.6) is 11.5 Å². The summed E-state index contributed by atoms with van der Waals surface area (Å²) >= 11 is 0. The molecule has 1 fully saturated rings. The van der Waals surface area contributed by atoms with E-state index in [0.717, 1.165) is 24.1 Å². The van der Waals surface area contributed by atoms with Crippen LogP contribution in [0.3, 0.4) is 0 Å². The second kappa shape index (κ2) is 6.80. The van der Waals surface area contributed by atoms with Gasteiger partial charge in [-0.05, 0) is 43.9 Å². The van der Waals surface area contributed by atoms with Crippen LogP contribution in [0, 0.1) is 0 Å². The molecule has 1 unspecified atom stereocenters. The summed E-state index contributed by atoms with van der Waals surface area (Å²) < 4.78 is 10.7. The molecule has 1 aromatic carbocycles. The van der Waals surface area contributed by atoms with Crippen molar-refractivity contribution in [3.05, 3.63) is 23.8 Å². The predicted molar refractivity (Wildman–Crippen MR) is 77.0 cm³/mol. The Bertz CT molecular complexity index is 406. The first-order valence-corrected chi connectivity index (χ1v) is 7.34. The summed E-state index contributed by atoms with van der Waals surface area (Å²) in [5, 5.41) is 0. The van der Waals surface area contributed by atoms with Crippen molar-refractivity contribution in [1.29, 1.82) is 0 Å². The van der Waals surface area contributed by atoms with Crippen molar-refractivity contribution in [2.75, 3.05) is 20.8 Å². The number of nitrogens with one attached hydrogen (secondary N) is 1. The first-order chi connectivity index (χ1) is 9.28. The van der Waals surface area contributed by atoms with Gasteiger partial charge in [0, 0.05) is 5.56 Å². The molecule has 1 heterocycles. The van der Waals surface area contributed by atoms with Crippen LogP contribution in [-0.4, -0.2) is 26.8 Å². The normalized spacial score (nSPS) is 23.1. The van der Waals surface area contributed by atoms with E-state index in [-0.39, 0.29) is 0 Å². The Kier molecular flexibility index (Phi) is 5.08. The monoisotopic (exact) mass is 264 g/mol. The lowest BCUT2D eigenvalue weighted by molar-refractivity contribution is -0.944. The second-order valence-electron chi connectivity index (χ2n) is 5.38. The van der Waals surface area contributed by atoms with Gasteiger partial charge in [0.1, 0.15) is 6.54 Å². The predicted octanol–water partition coefficient (Wildman–Crippen LogP) is 2.05. The Morgan fingerprint density at radius 3 is 2.63 bits per heavy atom. The van der Waals surface area contributed by atoms with Gasteiger partial charge in [-0.3, -0.25) is 0 Å². The summed E-state index contributed by atoms with van der Waals surface area (Å²) in [5.74, 6) is 1.65. The van der Waals surface area contributed by atoms with E-state index in [0.29, 0.717) is 0 Å². The maximum Gasteiger partial charge on any atom is 0.161 e. The van der Waals surface area contributed by atoms with E-state index in [1.807, 2.05) is 6.07 Å². The summed E-state index contributed by atoms with van der Waals surface area (Å²) in [6, 6.07) is 7.11. The molecular formula is C16H26NO2+. The van der Waals surface area contributed by atoms with E-state index in [1.165, 1.54) is 37.8 Å². The van der Waals surface area contributed by atoms with Gasteiger partial charge in [-0.2, -0.15) is 0 Å². The molecule has 0 spiro atoms. The molecule has 0 aliphatic carbocycles. The van der Waals surface area contributed by atoms with Crippen molar-refractivity contribution in [2.24, 2.45) is 0 Å². The summed E-state index contributed by atoms with van der Waals surface area (Å²) in [7, 11) is 3.38. The number of hydrogen-bond donors (Lipinski definition) is 1. The van der Waals surface area contributed by atoms with Gasteiger partial charge >= 0.3 is 0 Å². The van der Waals surface area contributed by atoms with Crippen LogP contribution < -0.4 is 14.4 Å². The molecule has 1 N–H and O–H groups in total. The molecule has 1 aliphatic rings. The lowest BCUT2D eigenvalue weighted by atomic mass is 9.99. The zero-order chi connectivity index (χ0) is 13.7. The van der Waals surface area contributed by atoms with E-state index >= 15 is 0 Å². The Morgan fingerprint density at radius 1 is 1.16 bits per heavy atom. The number of likely N-dealkylation sites (tertiary alicyclic amines) is 1. The minimum absolute atomic E-state index is 0.812. The zero-order valence-electron chi connectivity index (χ0n) is 12.4. The third-order valence-corrected chi connectivity index (χ3v) is 4.25. The fraction of sp³-hybridized carbons (Fsp3) is 0.625. The highest BCUT2D eigenvalue weighted by molar-refractivity contribution is 5.42. The molecular weight excluding hydrogens is 238 g/mol. The Balaban J connectivity index is 2.09. The topological polar surface area (TPSA) is 22.9 Å². The molecule has 0 amide bonds. The van der Waals surface area contributed by atoms with Crippen LogP contribution in [0.1, 0.15) is 38.2 Å². The van der Waals surface area contributed by atoms with Gasteiger partial charge in [0.25, 0.3) is 0 Å². The van der Waals surface area contributed by atoms with E-state index in [2.05, 4.69) is 19.1 Å². The smallest absolute Gasteiger partial charge is 0.161 e. The summed E-state index contributed by atoms with van der Waals surface area (Å²) in [6.45, 7) is 4.70. The second-order valence-corrected chi connectivity index (χ2v) is 5.38. The quantitative estimate of drug-likeness (QED) is 0.879. The number of rotatable bonds is 5. The minimum Gasteiger partial charge on any atom is -0.493 e. The first-order valence-electron chi connectivity index (χ1n) is 7.34. The molecule has 3 heteroatoms. The van der Waals surface area contributed by atoms with Crippen molar-refractivity contribution in [1.82, 2.24) is 0 Å². The first kappa shape index (κ1) is 14.2. The molecule has 1 aliphatic heterocycles. The van der Waals surface area contributed by atoms with Crippen molar-refractivity contribution < 1.29 is 14.4 Å². The van der Waals surface area contributed by atoms with Crippen molar-refractivity contribution >= 4 is 0 Å². The lowest BCUT2D eigenvalue weighted by Crippen LogP contribution is -3.15. The fourth-order valence-corrected chi connectivity index (χ4v) is 3.13. The third-order valence-electron chi connectivity index (χ3n) is 4.25. The number of hydrogen-bond acceptors (Lipinski definition) is 2. The standard InChI is InChI=1S/C16H25NO2/c1-4-14-7-5-6-10-17(14)12-13-8-9-15(18-2)16(11-13)19-3/h8-9,11,14H,4-7,10,12H2,1-3H3/p+1/t14-/m1/s1. The average Bonchev–Trinajstić information content (AvgIpc) is 2.47. The Labute approximate surface area is 116 Å². The molecule has 3 nitrogen and oxygen atoms in total. The van der Waals surface area contributed by atoms with Gasteiger partial charge in [-0.15, -0.1) is 0 Å². The van der Waals surface area contributed by atoms with Crippen molar-refractivity contribution in [3.63, 3.8) is 0 Å².